The number of ether oxygens (including phenoxy) is 3. The highest BCUT2D eigenvalue weighted by atomic mass is 32.1. The average Bonchev–Trinajstić information content (AvgIpc) is 3.50. The topological polar surface area (TPSA) is 90.9 Å². The first-order valence-corrected chi connectivity index (χ1v) is 10.8. The van der Waals surface area contributed by atoms with Gasteiger partial charge in [-0.25, -0.2) is 9.59 Å². The molecule has 1 N–H and O–H groups in total. The van der Waals surface area contributed by atoms with Crippen molar-refractivity contribution in [2.75, 3.05) is 25.6 Å². The maximum atomic E-state index is 12.9. The number of hydrogen-bond acceptors (Lipinski definition) is 7. The van der Waals surface area contributed by atoms with Crippen LogP contribution in [0.25, 0.3) is 0 Å². The van der Waals surface area contributed by atoms with Gasteiger partial charge in [-0.15, -0.1) is 11.3 Å². The van der Waals surface area contributed by atoms with E-state index in [1.807, 2.05) is 24.3 Å². The van der Waals surface area contributed by atoms with Crippen molar-refractivity contribution in [1.82, 2.24) is 0 Å². The minimum absolute atomic E-state index is 0.0538. The summed E-state index contributed by atoms with van der Waals surface area (Å²) in [5, 5.41) is 3.13. The van der Waals surface area contributed by atoms with Crippen LogP contribution in [-0.4, -0.2) is 38.2 Å². The fourth-order valence-corrected chi connectivity index (χ4v) is 4.45. The van der Waals surface area contributed by atoms with E-state index in [2.05, 4.69) is 11.9 Å². The third-order valence-electron chi connectivity index (χ3n) is 5.05. The SMILES string of the molecule is C=CCOC(=O)c1sc(NC(=O)C2CC2c2ccc(OC)cc2)c(C(=O)OCC)c1C. The Bertz CT molecular complexity index is 994. The van der Waals surface area contributed by atoms with E-state index in [-0.39, 0.29) is 41.4 Å². The summed E-state index contributed by atoms with van der Waals surface area (Å²) in [6, 6.07) is 7.63. The maximum Gasteiger partial charge on any atom is 0.348 e. The number of carbonyl (C=O) groups excluding carboxylic acids is 3. The molecule has 1 heterocycles. The number of hydrogen-bond donors (Lipinski definition) is 1. The molecule has 0 aliphatic heterocycles. The summed E-state index contributed by atoms with van der Waals surface area (Å²) in [5.41, 5.74) is 1.67. The number of methoxy groups -OCH3 is 1. The van der Waals surface area contributed by atoms with E-state index >= 15 is 0 Å². The van der Waals surface area contributed by atoms with E-state index in [1.54, 1.807) is 21.0 Å². The van der Waals surface area contributed by atoms with Gasteiger partial charge in [0.05, 0.1) is 19.3 Å². The van der Waals surface area contributed by atoms with Crippen LogP contribution in [0.5, 0.6) is 5.75 Å². The molecule has 2 atom stereocenters. The van der Waals surface area contributed by atoms with Crippen LogP contribution in [0.2, 0.25) is 0 Å². The maximum absolute atomic E-state index is 12.9. The zero-order chi connectivity index (χ0) is 22.5. The van der Waals surface area contributed by atoms with Crippen LogP contribution in [0.1, 0.15) is 50.4 Å². The normalized spacial score (nSPS) is 16.9. The zero-order valence-corrected chi connectivity index (χ0v) is 18.5. The smallest absolute Gasteiger partial charge is 0.348 e. The Kier molecular flexibility index (Phi) is 7.12. The highest BCUT2D eigenvalue weighted by Gasteiger charge is 2.44. The quantitative estimate of drug-likeness (QED) is 0.458. The lowest BCUT2D eigenvalue weighted by molar-refractivity contribution is -0.117. The van der Waals surface area contributed by atoms with Crippen LogP contribution >= 0.6 is 11.3 Å². The summed E-state index contributed by atoms with van der Waals surface area (Å²) in [7, 11) is 1.61. The van der Waals surface area contributed by atoms with Gasteiger partial charge in [0.1, 0.15) is 22.2 Å². The average molecular weight is 444 g/mol. The number of anilines is 1. The number of carbonyl (C=O) groups is 3. The number of rotatable bonds is 9. The number of esters is 2. The predicted octanol–water partition coefficient (Wildman–Crippen LogP) is 4.33. The highest BCUT2D eigenvalue weighted by molar-refractivity contribution is 7.18. The van der Waals surface area contributed by atoms with Crippen molar-refractivity contribution < 1.29 is 28.6 Å². The molecule has 2 aromatic rings. The van der Waals surface area contributed by atoms with Crippen LogP contribution in [0, 0.1) is 12.8 Å². The molecule has 1 saturated carbocycles. The molecule has 1 amide bonds. The van der Waals surface area contributed by atoms with Crippen LogP contribution < -0.4 is 10.1 Å². The molecule has 1 aliphatic rings. The summed E-state index contributed by atoms with van der Waals surface area (Å²) in [6.07, 6.45) is 2.17. The van der Waals surface area contributed by atoms with Gasteiger partial charge in [0.25, 0.3) is 0 Å². The Labute approximate surface area is 185 Å². The Balaban J connectivity index is 1.79. The Morgan fingerprint density at radius 1 is 1.19 bits per heavy atom. The molecule has 31 heavy (non-hydrogen) atoms. The van der Waals surface area contributed by atoms with Gasteiger partial charge in [-0.1, -0.05) is 24.8 Å². The second-order valence-electron chi connectivity index (χ2n) is 7.08. The Morgan fingerprint density at radius 2 is 1.90 bits per heavy atom. The van der Waals surface area contributed by atoms with Gasteiger partial charge in [-0.3, -0.25) is 4.79 Å². The lowest BCUT2D eigenvalue weighted by Crippen LogP contribution is -2.16. The third-order valence-corrected chi connectivity index (χ3v) is 6.24. The number of benzene rings is 1. The Morgan fingerprint density at radius 3 is 2.52 bits per heavy atom. The molecule has 0 saturated heterocycles. The van der Waals surface area contributed by atoms with Crippen molar-refractivity contribution in [2.24, 2.45) is 5.92 Å². The van der Waals surface area contributed by atoms with Gasteiger partial charge in [-0.2, -0.15) is 0 Å². The molecule has 0 radical (unpaired) electrons. The first-order valence-electron chi connectivity index (χ1n) is 9.94. The van der Waals surface area contributed by atoms with Gasteiger partial charge in [0.2, 0.25) is 5.91 Å². The van der Waals surface area contributed by atoms with Crippen molar-refractivity contribution in [3.05, 3.63) is 58.5 Å². The van der Waals surface area contributed by atoms with Gasteiger partial charge >= 0.3 is 11.9 Å². The molecule has 164 valence electrons. The standard InChI is InChI=1S/C23H25NO6S/c1-5-11-30-23(27)19-13(3)18(22(26)29-6-2)21(31-19)24-20(25)17-12-16(17)14-7-9-15(28-4)10-8-14/h5,7-10,16-17H,1,6,11-12H2,2-4H3,(H,24,25). The van der Waals surface area contributed by atoms with Crippen LogP contribution in [0.4, 0.5) is 5.00 Å². The lowest BCUT2D eigenvalue weighted by Gasteiger charge is -2.07. The fourth-order valence-electron chi connectivity index (χ4n) is 3.35. The second kappa shape index (κ2) is 9.78. The van der Waals surface area contributed by atoms with E-state index in [0.717, 1.165) is 22.6 Å². The van der Waals surface area contributed by atoms with E-state index in [1.165, 1.54) is 6.08 Å². The fraction of sp³-hybridized carbons (Fsp3) is 0.348. The molecule has 7 nitrogen and oxygen atoms in total. The lowest BCUT2D eigenvalue weighted by atomic mass is 10.1. The minimum Gasteiger partial charge on any atom is -0.497 e. The van der Waals surface area contributed by atoms with Crippen molar-refractivity contribution in [1.29, 1.82) is 0 Å². The molecular weight excluding hydrogens is 418 g/mol. The molecule has 2 unspecified atom stereocenters. The first-order chi connectivity index (χ1) is 14.9. The predicted molar refractivity (Wildman–Crippen MR) is 118 cm³/mol. The van der Waals surface area contributed by atoms with Crippen molar-refractivity contribution in [3.8, 4) is 5.75 Å². The van der Waals surface area contributed by atoms with Crippen LogP contribution in [0.3, 0.4) is 0 Å². The van der Waals surface area contributed by atoms with Crippen molar-refractivity contribution in [3.63, 3.8) is 0 Å². The molecule has 1 fully saturated rings. The molecule has 0 bridgehead atoms. The molecule has 3 rings (SSSR count). The summed E-state index contributed by atoms with van der Waals surface area (Å²) in [4.78, 5) is 38.0. The summed E-state index contributed by atoms with van der Waals surface area (Å²) >= 11 is 1.02. The van der Waals surface area contributed by atoms with E-state index < -0.39 is 11.9 Å². The number of nitrogens with one attached hydrogen (secondary N) is 1. The number of thiophene rings is 1. The second-order valence-corrected chi connectivity index (χ2v) is 8.10. The van der Waals surface area contributed by atoms with E-state index in [9.17, 15) is 14.4 Å². The monoisotopic (exact) mass is 443 g/mol. The van der Waals surface area contributed by atoms with Gasteiger partial charge in [-0.05, 0) is 49.4 Å². The minimum atomic E-state index is -0.586. The van der Waals surface area contributed by atoms with Gasteiger partial charge in [0, 0.05) is 5.92 Å². The number of amides is 1. The molecular formula is C23H25NO6S. The largest absolute Gasteiger partial charge is 0.497 e. The summed E-state index contributed by atoms with van der Waals surface area (Å²) < 4.78 is 15.4. The molecule has 0 spiro atoms. The molecule has 1 aromatic carbocycles. The summed E-state index contributed by atoms with van der Waals surface area (Å²) in [6.45, 7) is 7.09. The van der Waals surface area contributed by atoms with Crippen LogP contribution in [-0.2, 0) is 14.3 Å². The zero-order valence-electron chi connectivity index (χ0n) is 17.7. The van der Waals surface area contributed by atoms with Crippen molar-refractivity contribution >= 4 is 34.2 Å². The Hall–Kier alpha value is -3.13. The van der Waals surface area contributed by atoms with Crippen LogP contribution in [0.15, 0.2) is 36.9 Å². The van der Waals surface area contributed by atoms with E-state index in [0.29, 0.717) is 17.0 Å². The highest BCUT2D eigenvalue weighted by Crippen LogP contribution is 2.48. The molecule has 8 heteroatoms. The van der Waals surface area contributed by atoms with Gasteiger partial charge < -0.3 is 19.5 Å². The third kappa shape index (κ3) is 4.96. The van der Waals surface area contributed by atoms with Crippen molar-refractivity contribution in [2.45, 2.75) is 26.2 Å². The van der Waals surface area contributed by atoms with Gasteiger partial charge in [0.15, 0.2) is 0 Å². The molecule has 1 aliphatic carbocycles. The first kappa shape index (κ1) is 22.6. The van der Waals surface area contributed by atoms with E-state index in [4.69, 9.17) is 14.2 Å². The summed E-state index contributed by atoms with van der Waals surface area (Å²) in [5.74, 6) is -0.696. The molecule has 1 aromatic heterocycles.